The Balaban J connectivity index is 1.37. The van der Waals surface area contributed by atoms with Crippen molar-refractivity contribution in [1.29, 1.82) is 0 Å². The molecule has 0 aromatic carbocycles. The van der Waals surface area contributed by atoms with Gasteiger partial charge in [-0.15, -0.1) is 0 Å². The first kappa shape index (κ1) is 18.9. The number of rotatable bonds is 5. The molecule has 0 spiro atoms. The van der Waals surface area contributed by atoms with Gasteiger partial charge >= 0.3 is 0 Å². The number of morpholine rings is 1. The summed E-state index contributed by atoms with van der Waals surface area (Å²) in [6.45, 7) is 10.1. The van der Waals surface area contributed by atoms with Crippen LogP contribution in [0.5, 0.6) is 5.88 Å². The average Bonchev–Trinajstić information content (AvgIpc) is 2.75. The fourth-order valence-corrected chi connectivity index (χ4v) is 3.62. The zero-order chi connectivity index (χ0) is 19.3. The third-order valence-electron chi connectivity index (χ3n) is 5.23. The molecule has 28 heavy (non-hydrogen) atoms. The Labute approximate surface area is 166 Å². The van der Waals surface area contributed by atoms with Crippen LogP contribution in [0.15, 0.2) is 24.4 Å². The zero-order valence-electron chi connectivity index (χ0n) is 16.7. The van der Waals surface area contributed by atoms with E-state index in [9.17, 15) is 0 Å². The normalized spacial score (nSPS) is 18.4. The second kappa shape index (κ2) is 8.70. The SMILES string of the molecule is COc1ccc(CN2CCN(c3cc(C)nc(N4CCOCC4)n3)CC2)cn1. The van der Waals surface area contributed by atoms with Gasteiger partial charge in [-0.3, -0.25) is 4.90 Å². The largest absolute Gasteiger partial charge is 0.481 e. The molecule has 8 nitrogen and oxygen atoms in total. The number of nitrogens with zero attached hydrogens (tertiary/aromatic N) is 6. The minimum absolute atomic E-state index is 0.656. The van der Waals surface area contributed by atoms with Crippen molar-refractivity contribution in [3.63, 3.8) is 0 Å². The standard InChI is InChI=1S/C20H28N6O2/c1-16-13-18(23-20(22-16)26-9-11-28-12-10-26)25-7-5-24(6-8-25)15-17-3-4-19(27-2)21-14-17/h3-4,13-14H,5-12,15H2,1-2H3. The molecule has 0 unspecified atom stereocenters. The molecule has 0 saturated carbocycles. The van der Waals surface area contributed by atoms with Gasteiger partial charge in [0.25, 0.3) is 0 Å². The lowest BCUT2D eigenvalue weighted by molar-refractivity contribution is 0.122. The zero-order valence-corrected chi connectivity index (χ0v) is 16.7. The Hall–Kier alpha value is -2.45. The monoisotopic (exact) mass is 384 g/mol. The Morgan fingerprint density at radius 3 is 2.46 bits per heavy atom. The van der Waals surface area contributed by atoms with Gasteiger partial charge < -0.3 is 19.3 Å². The quantitative estimate of drug-likeness (QED) is 0.765. The number of hydrogen-bond donors (Lipinski definition) is 0. The van der Waals surface area contributed by atoms with Gasteiger partial charge in [0.1, 0.15) is 5.82 Å². The Morgan fingerprint density at radius 1 is 1.00 bits per heavy atom. The number of ether oxygens (including phenoxy) is 2. The fraction of sp³-hybridized carbons (Fsp3) is 0.550. The topological polar surface area (TPSA) is 66.9 Å². The van der Waals surface area contributed by atoms with Crippen molar-refractivity contribution in [3.8, 4) is 5.88 Å². The van der Waals surface area contributed by atoms with Crippen LogP contribution >= 0.6 is 0 Å². The number of anilines is 2. The average molecular weight is 384 g/mol. The molecule has 0 N–H and O–H groups in total. The molecule has 0 radical (unpaired) electrons. The maximum absolute atomic E-state index is 5.45. The fourth-order valence-electron chi connectivity index (χ4n) is 3.62. The lowest BCUT2D eigenvalue weighted by Crippen LogP contribution is -2.46. The highest BCUT2D eigenvalue weighted by Crippen LogP contribution is 2.20. The molecule has 2 saturated heterocycles. The van der Waals surface area contributed by atoms with Crippen LogP contribution in [0.3, 0.4) is 0 Å². The first-order valence-electron chi connectivity index (χ1n) is 9.86. The smallest absolute Gasteiger partial charge is 0.227 e. The molecule has 0 atom stereocenters. The molecule has 0 bridgehead atoms. The lowest BCUT2D eigenvalue weighted by Gasteiger charge is -2.36. The second-order valence-corrected chi connectivity index (χ2v) is 7.24. The van der Waals surface area contributed by atoms with Gasteiger partial charge in [0.15, 0.2) is 0 Å². The molecule has 4 heterocycles. The maximum Gasteiger partial charge on any atom is 0.227 e. The third kappa shape index (κ3) is 4.51. The summed E-state index contributed by atoms with van der Waals surface area (Å²) in [5, 5.41) is 0. The summed E-state index contributed by atoms with van der Waals surface area (Å²) in [5.41, 5.74) is 2.22. The lowest BCUT2D eigenvalue weighted by atomic mass is 10.2. The van der Waals surface area contributed by atoms with Crippen molar-refractivity contribution in [3.05, 3.63) is 35.7 Å². The summed E-state index contributed by atoms with van der Waals surface area (Å²) in [6.07, 6.45) is 1.90. The summed E-state index contributed by atoms with van der Waals surface area (Å²) in [5.74, 6) is 2.51. The molecule has 4 rings (SSSR count). The predicted octanol–water partition coefficient (Wildman–Crippen LogP) is 1.35. The summed E-state index contributed by atoms with van der Waals surface area (Å²) in [7, 11) is 1.64. The maximum atomic E-state index is 5.45. The van der Waals surface area contributed by atoms with E-state index in [2.05, 4.69) is 36.8 Å². The van der Waals surface area contributed by atoms with Crippen LogP contribution in [0.4, 0.5) is 11.8 Å². The van der Waals surface area contributed by atoms with E-state index in [1.54, 1.807) is 7.11 Å². The number of piperazine rings is 1. The number of hydrogen-bond acceptors (Lipinski definition) is 8. The highest BCUT2D eigenvalue weighted by molar-refractivity contribution is 5.46. The van der Waals surface area contributed by atoms with E-state index in [0.29, 0.717) is 5.88 Å². The van der Waals surface area contributed by atoms with Gasteiger partial charge in [-0.2, -0.15) is 4.98 Å². The van der Waals surface area contributed by atoms with E-state index in [4.69, 9.17) is 14.5 Å². The van der Waals surface area contributed by atoms with Crippen molar-refractivity contribution in [2.75, 3.05) is 69.4 Å². The van der Waals surface area contributed by atoms with Crippen molar-refractivity contribution in [2.24, 2.45) is 0 Å². The minimum atomic E-state index is 0.656. The Kier molecular flexibility index (Phi) is 5.87. The number of pyridine rings is 1. The number of methoxy groups -OCH3 is 1. The van der Waals surface area contributed by atoms with Crippen LogP contribution in [0.1, 0.15) is 11.3 Å². The molecular formula is C20H28N6O2. The van der Waals surface area contributed by atoms with Crippen LogP contribution in [0, 0.1) is 6.92 Å². The first-order valence-corrected chi connectivity index (χ1v) is 9.86. The molecule has 150 valence electrons. The molecule has 2 aliphatic heterocycles. The van der Waals surface area contributed by atoms with Crippen molar-refractivity contribution >= 4 is 11.8 Å². The molecule has 0 amide bonds. The predicted molar refractivity (Wildman–Crippen MR) is 108 cm³/mol. The van der Waals surface area contributed by atoms with E-state index in [0.717, 1.165) is 76.5 Å². The van der Waals surface area contributed by atoms with Gasteiger partial charge in [-0.05, 0) is 12.5 Å². The summed E-state index contributed by atoms with van der Waals surface area (Å²) < 4.78 is 10.6. The van der Waals surface area contributed by atoms with Crippen LogP contribution in [0.2, 0.25) is 0 Å². The summed E-state index contributed by atoms with van der Waals surface area (Å²) >= 11 is 0. The molecular weight excluding hydrogens is 356 g/mol. The summed E-state index contributed by atoms with van der Waals surface area (Å²) in [6, 6.07) is 6.09. The van der Waals surface area contributed by atoms with Crippen molar-refractivity contribution in [1.82, 2.24) is 19.9 Å². The van der Waals surface area contributed by atoms with E-state index in [1.807, 2.05) is 19.2 Å². The van der Waals surface area contributed by atoms with Crippen molar-refractivity contribution < 1.29 is 9.47 Å². The van der Waals surface area contributed by atoms with E-state index >= 15 is 0 Å². The van der Waals surface area contributed by atoms with Crippen LogP contribution in [0.25, 0.3) is 0 Å². The van der Waals surface area contributed by atoms with E-state index in [1.165, 1.54) is 5.56 Å². The van der Waals surface area contributed by atoms with E-state index in [-0.39, 0.29) is 0 Å². The minimum Gasteiger partial charge on any atom is -0.481 e. The van der Waals surface area contributed by atoms with Crippen LogP contribution in [-0.2, 0) is 11.3 Å². The molecule has 2 aromatic heterocycles. The molecule has 2 fully saturated rings. The number of aryl methyl sites for hydroxylation is 1. The van der Waals surface area contributed by atoms with Crippen LogP contribution in [-0.4, -0.2) is 79.4 Å². The van der Waals surface area contributed by atoms with Gasteiger partial charge in [-0.25, -0.2) is 9.97 Å². The summed E-state index contributed by atoms with van der Waals surface area (Å²) in [4.78, 5) is 20.8. The van der Waals surface area contributed by atoms with Gasteiger partial charge in [0.2, 0.25) is 11.8 Å². The van der Waals surface area contributed by atoms with Crippen molar-refractivity contribution in [2.45, 2.75) is 13.5 Å². The number of aromatic nitrogens is 3. The van der Waals surface area contributed by atoms with Crippen LogP contribution < -0.4 is 14.5 Å². The van der Waals surface area contributed by atoms with Gasteiger partial charge in [0, 0.05) is 69.8 Å². The Bertz CT molecular complexity index is 771. The van der Waals surface area contributed by atoms with E-state index < -0.39 is 0 Å². The first-order chi connectivity index (χ1) is 13.7. The van der Waals surface area contributed by atoms with Gasteiger partial charge in [0.05, 0.1) is 20.3 Å². The van der Waals surface area contributed by atoms with Gasteiger partial charge in [-0.1, -0.05) is 6.07 Å². The highest BCUT2D eigenvalue weighted by atomic mass is 16.5. The third-order valence-corrected chi connectivity index (χ3v) is 5.23. The second-order valence-electron chi connectivity index (χ2n) is 7.24. The molecule has 0 aliphatic carbocycles. The Morgan fingerprint density at radius 2 is 1.79 bits per heavy atom. The highest BCUT2D eigenvalue weighted by Gasteiger charge is 2.21. The molecule has 2 aliphatic rings. The molecule has 8 heteroatoms. The molecule has 2 aromatic rings.